The third-order valence-corrected chi connectivity index (χ3v) is 2.81. The zero-order chi connectivity index (χ0) is 11.5. The summed E-state index contributed by atoms with van der Waals surface area (Å²) in [5.41, 5.74) is 0.428. The molecule has 1 amide bonds. The average molecular weight is 223 g/mol. The Labute approximate surface area is 93.8 Å². The van der Waals surface area contributed by atoms with Crippen LogP contribution in [0, 0.1) is 5.82 Å². The average Bonchev–Trinajstić information content (AvgIpc) is 2.18. The summed E-state index contributed by atoms with van der Waals surface area (Å²) in [4.78, 5) is 13.4. The first kappa shape index (κ1) is 10.9. The van der Waals surface area contributed by atoms with Gasteiger partial charge in [-0.3, -0.25) is 4.79 Å². The van der Waals surface area contributed by atoms with Crippen molar-refractivity contribution in [3.05, 3.63) is 29.6 Å². The van der Waals surface area contributed by atoms with E-state index in [1.165, 1.54) is 13.2 Å². The van der Waals surface area contributed by atoms with Gasteiger partial charge in [0.2, 0.25) is 5.91 Å². The summed E-state index contributed by atoms with van der Waals surface area (Å²) in [6.07, 6.45) is 1.19. The highest BCUT2D eigenvalue weighted by molar-refractivity contribution is 5.79. The fourth-order valence-electron chi connectivity index (χ4n) is 1.64. The van der Waals surface area contributed by atoms with E-state index in [9.17, 15) is 9.18 Å². The van der Waals surface area contributed by atoms with Crippen molar-refractivity contribution in [2.45, 2.75) is 12.8 Å². The molecule has 2 rings (SSSR count). The van der Waals surface area contributed by atoms with Crippen LogP contribution in [0.15, 0.2) is 18.2 Å². The van der Waals surface area contributed by atoms with E-state index in [1.807, 2.05) is 0 Å². The quantitative estimate of drug-likeness (QED) is 0.779. The Bertz CT molecular complexity index is 402. The lowest BCUT2D eigenvalue weighted by Gasteiger charge is -2.31. The second-order valence-corrected chi connectivity index (χ2v) is 3.87. The number of likely N-dealkylation sites (tertiary alicyclic amines) is 1. The fourth-order valence-corrected chi connectivity index (χ4v) is 1.64. The van der Waals surface area contributed by atoms with Crippen molar-refractivity contribution in [1.82, 2.24) is 4.90 Å². The van der Waals surface area contributed by atoms with E-state index in [0.29, 0.717) is 11.3 Å². The molecule has 0 bridgehead atoms. The number of methoxy groups -OCH3 is 1. The highest BCUT2D eigenvalue weighted by Crippen LogP contribution is 2.18. The number of hydrogen-bond donors (Lipinski definition) is 0. The second kappa shape index (κ2) is 4.51. The van der Waals surface area contributed by atoms with E-state index in [0.717, 1.165) is 19.5 Å². The first-order valence-corrected chi connectivity index (χ1v) is 5.31. The zero-order valence-electron chi connectivity index (χ0n) is 9.20. The summed E-state index contributed by atoms with van der Waals surface area (Å²) in [7, 11) is 1.49. The summed E-state index contributed by atoms with van der Waals surface area (Å²) < 4.78 is 18.4. The van der Waals surface area contributed by atoms with Crippen molar-refractivity contribution < 1.29 is 13.9 Å². The van der Waals surface area contributed by atoms with Gasteiger partial charge in [-0.1, -0.05) is 6.07 Å². The van der Waals surface area contributed by atoms with E-state index in [4.69, 9.17) is 4.74 Å². The van der Waals surface area contributed by atoms with Crippen LogP contribution in [0.5, 0.6) is 5.75 Å². The minimum absolute atomic E-state index is 0.00434. The maximum Gasteiger partial charge on any atom is 0.227 e. The Morgan fingerprint density at radius 2 is 2.25 bits per heavy atom. The van der Waals surface area contributed by atoms with Crippen molar-refractivity contribution in [3.63, 3.8) is 0 Å². The molecule has 1 saturated heterocycles. The molecular weight excluding hydrogens is 209 g/mol. The Balaban J connectivity index is 2.06. The maximum absolute atomic E-state index is 13.5. The number of hydrogen-bond acceptors (Lipinski definition) is 2. The molecular formula is C12H14FNO2. The van der Waals surface area contributed by atoms with Crippen LogP contribution < -0.4 is 4.74 Å². The normalized spacial score (nSPS) is 14.5. The highest BCUT2D eigenvalue weighted by atomic mass is 19.1. The highest BCUT2D eigenvalue weighted by Gasteiger charge is 2.21. The summed E-state index contributed by atoms with van der Waals surface area (Å²) in [5, 5.41) is 0. The molecule has 0 unspecified atom stereocenters. The molecule has 1 aromatic carbocycles. The smallest absolute Gasteiger partial charge is 0.227 e. The Kier molecular flexibility index (Phi) is 3.08. The van der Waals surface area contributed by atoms with Crippen LogP contribution in [0.3, 0.4) is 0 Å². The first-order chi connectivity index (χ1) is 7.70. The summed E-state index contributed by atoms with van der Waals surface area (Å²) in [5.74, 6) is 0.0844. The van der Waals surface area contributed by atoms with Crippen LogP contribution in [-0.4, -0.2) is 31.0 Å². The van der Waals surface area contributed by atoms with Crippen molar-refractivity contribution >= 4 is 5.91 Å². The largest absolute Gasteiger partial charge is 0.497 e. The SMILES string of the molecule is COc1ccc(CC(=O)N2CCC2)c(F)c1. The van der Waals surface area contributed by atoms with Crippen LogP contribution in [-0.2, 0) is 11.2 Å². The van der Waals surface area contributed by atoms with Gasteiger partial charge < -0.3 is 9.64 Å². The lowest BCUT2D eigenvalue weighted by Crippen LogP contribution is -2.42. The number of benzene rings is 1. The lowest BCUT2D eigenvalue weighted by molar-refractivity contribution is -0.133. The minimum Gasteiger partial charge on any atom is -0.497 e. The maximum atomic E-state index is 13.5. The van der Waals surface area contributed by atoms with Crippen molar-refractivity contribution in [3.8, 4) is 5.75 Å². The van der Waals surface area contributed by atoms with Crippen LogP contribution in [0.2, 0.25) is 0 Å². The predicted octanol–water partition coefficient (Wildman–Crippen LogP) is 1.61. The number of carbonyl (C=O) groups excluding carboxylic acids is 1. The number of amides is 1. The van der Waals surface area contributed by atoms with E-state index in [2.05, 4.69) is 0 Å². The van der Waals surface area contributed by atoms with Gasteiger partial charge >= 0.3 is 0 Å². The van der Waals surface area contributed by atoms with Gasteiger partial charge in [-0.2, -0.15) is 0 Å². The number of rotatable bonds is 3. The van der Waals surface area contributed by atoms with Gasteiger partial charge in [-0.25, -0.2) is 4.39 Å². The molecule has 16 heavy (non-hydrogen) atoms. The van der Waals surface area contributed by atoms with Crippen LogP contribution in [0.25, 0.3) is 0 Å². The van der Waals surface area contributed by atoms with Gasteiger partial charge in [0.25, 0.3) is 0 Å². The monoisotopic (exact) mass is 223 g/mol. The topological polar surface area (TPSA) is 29.5 Å². The van der Waals surface area contributed by atoms with E-state index in [-0.39, 0.29) is 18.1 Å². The molecule has 1 aliphatic heterocycles. The number of nitrogens with zero attached hydrogens (tertiary/aromatic N) is 1. The minimum atomic E-state index is -0.381. The molecule has 0 saturated carbocycles. The predicted molar refractivity (Wildman–Crippen MR) is 57.9 cm³/mol. The molecule has 1 aliphatic rings. The zero-order valence-corrected chi connectivity index (χ0v) is 9.20. The summed E-state index contributed by atoms with van der Waals surface area (Å²) in [6, 6.07) is 4.58. The van der Waals surface area contributed by atoms with E-state index < -0.39 is 0 Å². The summed E-state index contributed by atoms with van der Waals surface area (Å²) in [6.45, 7) is 1.60. The molecule has 86 valence electrons. The molecule has 4 heteroatoms. The Hall–Kier alpha value is -1.58. The van der Waals surface area contributed by atoms with Gasteiger partial charge in [0.1, 0.15) is 11.6 Å². The van der Waals surface area contributed by atoms with E-state index >= 15 is 0 Å². The third-order valence-electron chi connectivity index (χ3n) is 2.81. The first-order valence-electron chi connectivity index (χ1n) is 5.31. The standard InChI is InChI=1S/C12H14FNO2/c1-16-10-4-3-9(11(13)8-10)7-12(15)14-5-2-6-14/h3-4,8H,2,5-7H2,1H3. The summed E-state index contributed by atoms with van der Waals surface area (Å²) >= 11 is 0. The molecule has 1 heterocycles. The molecule has 0 radical (unpaired) electrons. The molecule has 0 aromatic heterocycles. The Morgan fingerprint density at radius 3 is 2.75 bits per heavy atom. The van der Waals surface area contributed by atoms with E-state index in [1.54, 1.807) is 17.0 Å². The van der Waals surface area contributed by atoms with Gasteiger partial charge in [-0.05, 0) is 18.1 Å². The van der Waals surface area contributed by atoms with Crippen molar-refractivity contribution in [2.75, 3.05) is 20.2 Å². The second-order valence-electron chi connectivity index (χ2n) is 3.87. The molecule has 0 N–H and O–H groups in total. The van der Waals surface area contributed by atoms with Crippen LogP contribution in [0.1, 0.15) is 12.0 Å². The van der Waals surface area contributed by atoms with Crippen molar-refractivity contribution in [2.24, 2.45) is 0 Å². The Morgan fingerprint density at radius 1 is 1.50 bits per heavy atom. The molecule has 0 aliphatic carbocycles. The fraction of sp³-hybridized carbons (Fsp3) is 0.417. The molecule has 1 fully saturated rings. The molecule has 0 spiro atoms. The molecule has 0 atom stereocenters. The molecule has 1 aromatic rings. The van der Waals surface area contributed by atoms with Gasteiger partial charge in [-0.15, -0.1) is 0 Å². The van der Waals surface area contributed by atoms with Gasteiger partial charge in [0, 0.05) is 19.2 Å². The third kappa shape index (κ3) is 2.15. The van der Waals surface area contributed by atoms with Crippen LogP contribution in [0.4, 0.5) is 4.39 Å². The van der Waals surface area contributed by atoms with Gasteiger partial charge in [0.05, 0.1) is 13.5 Å². The van der Waals surface area contributed by atoms with Crippen molar-refractivity contribution in [1.29, 1.82) is 0 Å². The number of carbonyl (C=O) groups is 1. The number of halogens is 1. The van der Waals surface area contributed by atoms with Crippen LogP contribution >= 0.6 is 0 Å². The van der Waals surface area contributed by atoms with Gasteiger partial charge in [0.15, 0.2) is 0 Å². The lowest BCUT2D eigenvalue weighted by atomic mass is 10.1. The number of ether oxygens (including phenoxy) is 1. The molecule has 3 nitrogen and oxygen atoms in total.